The molecule has 0 aromatic carbocycles. The molecule has 0 saturated carbocycles. The van der Waals surface area contributed by atoms with Gasteiger partial charge < -0.3 is 4.90 Å². The summed E-state index contributed by atoms with van der Waals surface area (Å²) in [6.45, 7) is 4.45. The molecule has 0 saturated heterocycles. The van der Waals surface area contributed by atoms with Crippen LogP contribution in [0.1, 0.15) is 20.3 Å². The van der Waals surface area contributed by atoms with Crippen molar-refractivity contribution in [2.45, 2.75) is 26.7 Å². The predicted octanol–water partition coefficient (Wildman–Crippen LogP) is 2.07. The lowest BCUT2D eigenvalue weighted by Crippen LogP contribution is -2.35. The van der Waals surface area contributed by atoms with Crippen LogP contribution in [0.5, 0.6) is 0 Å². The zero-order valence-electron chi connectivity index (χ0n) is 8.68. The van der Waals surface area contributed by atoms with Crippen LogP contribution in [0.2, 0.25) is 0 Å². The molecule has 0 N–H and O–H groups in total. The summed E-state index contributed by atoms with van der Waals surface area (Å²) >= 11 is 0. The smallest absolute Gasteiger partial charge is 0.300 e. The van der Waals surface area contributed by atoms with Crippen LogP contribution in [-0.4, -0.2) is 30.7 Å². The number of hydrogen-bond donors (Lipinski definition) is 0. The van der Waals surface area contributed by atoms with E-state index in [0.717, 1.165) is 13.0 Å². The normalized spacial score (nSPS) is 21.0. The fourth-order valence-corrected chi connectivity index (χ4v) is 1.56. The third-order valence-electron chi connectivity index (χ3n) is 2.63. The Bertz CT molecular complexity index is 271. The fraction of sp³-hybridized carbons (Fsp3) is 0.700. The van der Waals surface area contributed by atoms with Crippen molar-refractivity contribution in [3.63, 3.8) is 0 Å². The average molecular weight is 203 g/mol. The van der Waals surface area contributed by atoms with Crippen LogP contribution in [0.25, 0.3) is 0 Å². The molecule has 0 atom stereocenters. The molecule has 2 nitrogen and oxygen atoms in total. The highest BCUT2D eigenvalue weighted by Crippen LogP contribution is 2.35. The van der Waals surface area contributed by atoms with Crippen LogP contribution < -0.4 is 0 Å². The second-order valence-corrected chi connectivity index (χ2v) is 4.32. The molecule has 0 aromatic heterocycles. The Morgan fingerprint density at radius 3 is 2.64 bits per heavy atom. The van der Waals surface area contributed by atoms with Crippen LogP contribution in [0.4, 0.5) is 8.78 Å². The van der Waals surface area contributed by atoms with Gasteiger partial charge in [-0.05, 0) is 11.8 Å². The van der Waals surface area contributed by atoms with Gasteiger partial charge in [-0.25, -0.2) is 8.78 Å². The summed E-state index contributed by atoms with van der Waals surface area (Å²) in [5.74, 6) is -1.04. The number of halogens is 2. The van der Waals surface area contributed by atoms with E-state index < -0.39 is 17.6 Å². The van der Waals surface area contributed by atoms with Gasteiger partial charge in [-0.15, -0.1) is 0 Å². The molecule has 0 spiro atoms. The topological polar surface area (TPSA) is 20.3 Å². The van der Waals surface area contributed by atoms with E-state index in [-0.39, 0.29) is 5.57 Å². The van der Waals surface area contributed by atoms with Crippen molar-refractivity contribution in [2.24, 2.45) is 5.41 Å². The Morgan fingerprint density at radius 1 is 1.57 bits per heavy atom. The molecular weight excluding hydrogens is 188 g/mol. The first-order valence-corrected chi connectivity index (χ1v) is 4.59. The minimum absolute atomic E-state index is 0.237. The summed E-state index contributed by atoms with van der Waals surface area (Å²) < 4.78 is 24.5. The summed E-state index contributed by atoms with van der Waals surface area (Å²) in [7, 11) is 1.79. The molecule has 1 heterocycles. The summed E-state index contributed by atoms with van der Waals surface area (Å²) in [4.78, 5) is 13.0. The number of hydrogen-bond acceptors (Lipinski definition) is 2. The van der Waals surface area contributed by atoms with E-state index in [0.29, 0.717) is 0 Å². The molecule has 14 heavy (non-hydrogen) atoms. The zero-order valence-corrected chi connectivity index (χ0v) is 8.68. The molecule has 0 unspecified atom stereocenters. The largest absolute Gasteiger partial charge is 0.380 e. The van der Waals surface area contributed by atoms with Gasteiger partial charge in [0.1, 0.15) is 0 Å². The van der Waals surface area contributed by atoms with Gasteiger partial charge in [0, 0.05) is 25.4 Å². The summed E-state index contributed by atoms with van der Waals surface area (Å²) in [6.07, 6.45) is -0.627. The highest BCUT2D eigenvalue weighted by Gasteiger charge is 2.35. The molecule has 1 aliphatic rings. The van der Waals surface area contributed by atoms with E-state index in [1.165, 1.54) is 6.20 Å². The Labute approximate surface area is 82.6 Å². The molecule has 4 heteroatoms. The van der Waals surface area contributed by atoms with Crippen molar-refractivity contribution < 1.29 is 13.6 Å². The maximum atomic E-state index is 12.3. The van der Waals surface area contributed by atoms with Crippen molar-refractivity contribution in [1.29, 1.82) is 0 Å². The lowest BCUT2D eigenvalue weighted by atomic mass is 9.77. The number of carbonyl (C=O) groups excluding carboxylic acids is 1. The SMILES string of the molecule is CN1C=C(C(=O)C(F)F)C(C)(C)CC1. The number of allylic oxidation sites excluding steroid dienone is 1. The van der Waals surface area contributed by atoms with Gasteiger partial charge in [0.2, 0.25) is 5.78 Å². The van der Waals surface area contributed by atoms with Crippen molar-refractivity contribution in [2.75, 3.05) is 13.6 Å². The van der Waals surface area contributed by atoms with E-state index in [2.05, 4.69) is 0 Å². The Kier molecular flexibility index (Phi) is 2.92. The third-order valence-corrected chi connectivity index (χ3v) is 2.63. The molecule has 1 rings (SSSR count). The molecular formula is C10H15F2NO. The van der Waals surface area contributed by atoms with Gasteiger partial charge >= 0.3 is 0 Å². The Morgan fingerprint density at radius 2 is 2.14 bits per heavy atom. The second kappa shape index (κ2) is 3.67. The number of alkyl halides is 2. The van der Waals surface area contributed by atoms with Gasteiger partial charge in [-0.2, -0.15) is 0 Å². The third kappa shape index (κ3) is 2.11. The van der Waals surface area contributed by atoms with Crippen molar-refractivity contribution >= 4 is 5.78 Å². The standard InChI is InChI=1S/C10H15F2NO/c1-10(2)4-5-13(3)6-7(10)8(14)9(11)12/h6,9H,4-5H2,1-3H3. The van der Waals surface area contributed by atoms with Crippen molar-refractivity contribution in [3.8, 4) is 0 Å². The van der Waals surface area contributed by atoms with Crippen LogP contribution in [0, 0.1) is 5.41 Å². The van der Waals surface area contributed by atoms with Crippen LogP contribution in [0.15, 0.2) is 11.8 Å². The number of ketones is 1. The van der Waals surface area contributed by atoms with Crippen molar-refractivity contribution in [3.05, 3.63) is 11.8 Å². The molecule has 1 aliphatic heterocycles. The summed E-state index contributed by atoms with van der Waals surface area (Å²) in [5, 5.41) is 0. The number of rotatable bonds is 2. The highest BCUT2D eigenvalue weighted by atomic mass is 19.3. The predicted molar refractivity (Wildman–Crippen MR) is 50.1 cm³/mol. The molecule has 0 fully saturated rings. The lowest BCUT2D eigenvalue weighted by Gasteiger charge is -2.35. The van der Waals surface area contributed by atoms with Crippen LogP contribution in [0.3, 0.4) is 0 Å². The maximum Gasteiger partial charge on any atom is 0.300 e. The number of Topliss-reactive ketones (excluding diaryl/α,β-unsaturated/α-hetero) is 1. The van der Waals surface area contributed by atoms with Crippen LogP contribution in [-0.2, 0) is 4.79 Å². The second-order valence-electron chi connectivity index (χ2n) is 4.32. The van der Waals surface area contributed by atoms with E-state index in [1.807, 2.05) is 13.8 Å². The Hall–Kier alpha value is -0.930. The van der Waals surface area contributed by atoms with E-state index in [4.69, 9.17) is 0 Å². The average Bonchev–Trinajstić information content (AvgIpc) is 2.08. The van der Waals surface area contributed by atoms with Gasteiger partial charge in [0.05, 0.1) is 0 Å². The lowest BCUT2D eigenvalue weighted by molar-refractivity contribution is -0.127. The molecule has 80 valence electrons. The minimum Gasteiger partial charge on any atom is -0.380 e. The zero-order chi connectivity index (χ0) is 10.9. The van der Waals surface area contributed by atoms with Crippen LogP contribution >= 0.6 is 0 Å². The van der Waals surface area contributed by atoms with Gasteiger partial charge in [-0.3, -0.25) is 4.79 Å². The highest BCUT2D eigenvalue weighted by molar-refractivity contribution is 5.98. The molecule has 0 aromatic rings. The molecule has 0 aliphatic carbocycles. The van der Waals surface area contributed by atoms with Crippen molar-refractivity contribution in [1.82, 2.24) is 4.90 Å². The van der Waals surface area contributed by atoms with E-state index in [9.17, 15) is 13.6 Å². The molecule has 0 amide bonds. The first kappa shape index (κ1) is 11.1. The number of carbonyl (C=O) groups is 1. The monoisotopic (exact) mass is 203 g/mol. The Balaban J connectivity index is 2.98. The van der Waals surface area contributed by atoms with E-state index >= 15 is 0 Å². The molecule has 0 radical (unpaired) electrons. The first-order valence-electron chi connectivity index (χ1n) is 4.59. The molecule has 0 bridgehead atoms. The fourth-order valence-electron chi connectivity index (χ4n) is 1.56. The minimum atomic E-state index is -2.90. The summed E-state index contributed by atoms with van der Waals surface area (Å²) in [5.41, 5.74) is -0.193. The maximum absolute atomic E-state index is 12.3. The number of nitrogens with zero attached hydrogens (tertiary/aromatic N) is 1. The van der Waals surface area contributed by atoms with Gasteiger partial charge in [-0.1, -0.05) is 13.8 Å². The van der Waals surface area contributed by atoms with Gasteiger partial charge in [0.15, 0.2) is 0 Å². The quantitative estimate of drug-likeness (QED) is 0.684. The first-order chi connectivity index (χ1) is 6.34. The van der Waals surface area contributed by atoms with E-state index in [1.54, 1.807) is 11.9 Å². The summed E-state index contributed by atoms with van der Waals surface area (Å²) in [6, 6.07) is 0. The van der Waals surface area contributed by atoms with Gasteiger partial charge in [0.25, 0.3) is 6.43 Å².